The first-order valence-corrected chi connectivity index (χ1v) is 8.13. The number of halogens is 1. The lowest BCUT2D eigenvalue weighted by Crippen LogP contribution is -2.32. The molecule has 2 aromatic rings. The van der Waals surface area contributed by atoms with E-state index in [4.69, 9.17) is 16.6 Å². The van der Waals surface area contributed by atoms with Gasteiger partial charge in [-0.15, -0.1) is 0 Å². The van der Waals surface area contributed by atoms with Gasteiger partial charge in [-0.1, -0.05) is 62.7 Å². The van der Waals surface area contributed by atoms with E-state index in [1.165, 1.54) is 5.56 Å². The van der Waals surface area contributed by atoms with E-state index in [9.17, 15) is 0 Å². The van der Waals surface area contributed by atoms with Crippen molar-refractivity contribution in [3.63, 3.8) is 0 Å². The highest BCUT2D eigenvalue weighted by molar-refractivity contribution is 6.30. The van der Waals surface area contributed by atoms with Crippen LogP contribution in [0.4, 0.5) is 0 Å². The normalized spacial score (nSPS) is 15.6. The van der Waals surface area contributed by atoms with E-state index in [-0.39, 0.29) is 5.41 Å². The maximum Gasteiger partial charge on any atom is 0.136 e. The predicted octanol–water partition coefficient (Wildman–Crippen LogP) is 3.99. The van der Waals surface area contributed by atoms with Gasteiger partial charge in [0.15, 0.2) is 0 Å². The summed E-state index contributed by atoms with van der Waals surface area (Å²) in [6.07, 6.45) is 0.922. The number of aromatic nitrogens is 2. The van der Waals surface area contributed by atoms with Crippen LogP contribution in [-0.2, 0) is 24.9 Å². The number of benzene rings is 1. The van der Waals surface area contributed by atoms with Gasteiger partial charge in [0.2, 0.25) is 0 Å². The molecule has 0 aliphatic carbocycles. The molecular formula is C18H22ClN3. The van der Waals surface area contributed by atoms with E-state index in [1.54, 1.807) is 0 Å². The Hall–Kier alpha value is -1.45. The molecule has 22 heavy (non-hydrogen) atoms. The lowest BCUT2D eigenvalue weighted by Gasteiger charge is -2.29. The summed E-state index contributed by atoms with van der Waals surface area (Å²) >= 11 is 6.39. The second kappa shape index (κ2) is 5.98. The van der Waals surface area contributed by atoms with Crippen molar-refractivity contribution >= 4 is 11.6 Å². The second-order valence-corrected chi connectivity index (χ2v) is 7.32. The molecule has 0 fully saturated rings. The van der Waals surface area contributed by atoms with E-state index in [2.05, 4.69) is 61.0 Å². The van der Waals surface area contributed by atoms with E-state index in [0.717, 1.165) is 43.1 Å². The van der Waals surface area contributed by atoms with Gasteiger partial charge in [-0.25, -0.2) is 9.97 Å². The molecule has 0 amide bonds. The third kappa shape index (κ3) is 3.31. The fourth-order valence-corrected chi connectivity index (χ4v) is 3.03. The lowest BCUT2D eigenvalue weighted by atomic mass is 9.95. The molecule has 0 spiro atoms. The second-order valence-electron chi connectivity index (χ2n) is 6.96. The van der Waals surface area contributed by atoms with E-state index < -0.39 is 0 Å². The van der Waals surface area contributed by atoms with Gasteiger partial charge in [-0.05, 0) is 12.0 Å². The first-order valence-electron chi connectivity index (χ1n) is 7.75. The fourth-order valence-electron chi connectivity index (χ4n) is 2.75. The van der Waals surface area contributed by atoms with Crippen LogP contribution in [0.25, 0.3) is 0 Å². The minimum Gasteiger partial charge on any atom is -0.293 e. The zero-order valence-corrected chi connectivity index (χ0v) is 14.2. The Morgan fingerprint density at radius 1 is 1.14 bits per heavy atom. The summed E-state index contributed by atoms with van der Waals surface area (Å²) in [5.74, 6) is 0.831. The minimum absolute atomic E-state index is 0.0830. The highest BCUT2D eigenvalue weighted by Crippen LogP contribution is 2.28. The van der Waals surface area contributed by atoms with Gasteiger partial charge in [0, 0.05) is 30.6 Å². The number of nitrogens with zero attached hydrogens (tertiary/aromatic N) is 3. The number of rotatable bonds is 2. The standard InChI is InChI=1S/C18H22ClN3/c1-18(2,3)17-20-15-12-22(10-9-14(15)16(19)21-17)11-13-7-5-4-6-8-13/h4-8H,9-12H2,1-3H3. The number of hydrogen-bond donors (Lipinski definition) is 0. The molecule has 116 valence electrons. The molecule has 0 bridgehead atoms. The van der Waals surface area contributed by atoms with Gasteiger partial charge in [-0.3, -0.25) is 4.90 Å². The third-order valence-electron chi connectivity index (χ3n) is 4.01. The molecule has 2 heterocycles. The molecule has 1 aliphatic heterocycles. The first kappa shape index (κ1) is 15.4. The highest BCUT2D eigenvalue weighted by atomic mass is 35.5. The Balaban J connectivity index is 1.84. The van der Waals surface area contributed by atoms with Crippen molar-refractivity contribution in [3.8, 4) is 0 Å². The first-order chi connectivity index (χ1) is 10.4. The molecule has 3 rings (SSSR count). The Bertz CT molecular complexity index is 662. The van der Waals surface area contributed by atoms with Crippen LogP contribution in [0, 0.1) is 0 Å². The summed E-state index contributed by atoms with van der Waals surface area (Å²) < 4.78 is 0. The van der Waals surface area contributed by atoms with Gasteiger partial charge < -0.3 is 0 Å². The Morgan fingerprint density at radius 3 is 2.55 bits per heavy atom. The maximum absolute atomic E-state index is 6.39. The average Bonchev–Trinajstić information content (AvgIpc) is 2.47. The lowest BCUT2D eigenvalue weighted by molar-refractivity contribution is 0.240. The van der Waals surface area contributed by atoms with Gasteiger partial charge in [0.1, 0.15) is 11.0 Å². The van der Waals surface area contributed by atoms with Gasteiger partial charge in [0.25, 0.3) is 0 Å². The Kier molecular flexibility index (Phi) is 4.20. The van der Waals surface area contributed by atoms with Crippen LogP contribution in [0.15, 0.2) is 30.3 Å². The van der Waals surface area contributed by atoms with E-state index in [1.807, 2.05) is 0 Å². The largest absolute Gasteiger partial charge is 0.293 e. The topological polar surface area (TPSA) is 29.0 Å². The molecule has 3 nitrogen and oxygen atoms in total. The summed E-state index contributed by atoms with van der Waals surface area (Å²) in [4.78, 5) is 11.7. The summed E-state index contributed by atoms with van der Waals surface area (Å²) in [5, 5.41) is 0.634. The SMILES string of the molecule is CC(C)(C)c1nc(Cl)c2c(n1)CN(Cc1ccccc1)CC2. The van der Waals surface area contributed by atoms with Crippen molar-refractivity contribution in [1.29, 1.82) is 0 Å². The summed E-state index contributed by atoms with van der Waals surface area (Å²) in [6, 6.07) is 10.6. The molecule has 0 unspecified atom stereocenters. The third-order valence-corrected chi connectivity index (χ3v) is 4.33. The predicted molar refractivity (Wildman–Crippen MR) is 90.0 cm³/mol. The molecule has 0 saturated heterocycles. The number of hydrogen-bond acceptors (Lipinski definition) is 3. The van der Waals surface area contributed by atoms with Crippen LogP contribution < -0.4 is 0 Å². The van der Waals surface area contributed by atoms with Crippen LogP contribution in [0.3, 0.4) is 0 Å². The summed E-state index contributed by atoms with van der Waals surface area (Å²) in [5.41, 5.74) is 3.47. The number of fused-ring (bicyclic) bond motifs is 1. The Labute approximate surface area is 137 Å². The van der Waals surface area contributed by atoms with Crippen molar-refractivity contribution in [2.45, 2.75) is 45.7 Å². The molecule has 0 saturated carbocycles. The fraction of sp³-hybridized carbons (Fsp3) is 0.444. The van der Waals surface area contributed by atoms with Crippen LogP contribution in [0.2, 0.25) is 5.15 Å². The highest BCUT2D eigenvalue weighted by Gasteiger charge is 2.25. The quantitative estimate of drug-likeness (QED) is 0.785. The molecule has 1 aromatic carbocycles. The smallest absolute Gasteiger partial charge is 0.136 e. The van der Waals surface area contributed by atoms with Crippen molar-refractivity contribution in [1.82, 2.24) is 14.9 Å². The van der Waals surface area contributed by atoms with Crippen molar-refractivity contribution < 1.29 is 0 Å². The van der Waals surface area contributed by atoms with Crippen LogP contribution in [-0.4, -0.2) is 21.4 Å². The average molecular weight is 316 g/mol. The zero-order valence-electron chi connectivity index (χ0n) is 13.4. The molecular weight excluding hydrogens is 294 g/mol. The molecule has 0 atom stereocenters. The van der Waals surface area contributed by atoms with Crippen molar-refractivity contribution in [2.75, 3.05) is 6.54 Å². The van der Waals surface area contributed by atoms with Crippen LogP contribution in [0.5, 0.6) is 0 Å². The van der Waals surface area contributed by atoms with E-state index in [0.29, 0.717) is 5.15 Å². The van der Waals surface area contributed by atoms with Gasteiger partial charge in [0.05, 0.1) is 5.69 Å². The molecule has 1 aromatic heterocycles. The van der Waals surface area contributed by atoms with E-state index >= 15 is 0 Å². The van der Waals surface area contributed by atoms with Gasteiger partial charge in [-0.2, -0.15) is 0 Å². The van der Waals surface area contributed by atoms with Crippen molar-refractivity contribution in [2.24, 2.45) is 0 Å². The molecule has 4 heteroatoms. The minimum atomic E-state index is -0.0830. The monoisotopic (exact) mass is 315 g/mol. The van der Waals surface area contributed by atoms with Crippen molar-refractivity contribution in [3.05, 3.63) is 58.1 Å². The zero-order chi connectivity index (χ0) is 15.7. The Morgan fingerprint density at radius 2 is 1.86 bits per heavy atom. The van der Waals surface area contributed by atoms with Gasteiger partial charge >= 0.3 is 0 Å². The molecule has 0 N–H and O–H groups in total. The van der Waals surface area contributed by atoms with Crippen LogP contribution >= 0.6 is 11.6 Å². The summed E-state index contributed by atoms with van der Waals surface area (Å²) in [6.45, 7) is 9.16. The molecule has 0 radical (unpaired) electrons. The molecule has 1 aliphatic rings. The van der Waals surface area contributed by atoms with Crippen LogP contribution in [0.1, 0.15) is 43.4 Å². The maximum atomic E-state index is 6.39. The summed E-state index contributed by atoms with van der Waals surface area (Å²) in [7, 11) is 0.